The molecule has 1 atom stereocenters. The van der Waals surface area contributed by atoms with Gasteiger partial charge in [-0.3, -0.25) is 19.5 Å². The van der Waals surface area contributed by atoms with Crippen molar-refractivity contribution in [3.05, 3.63) is 113 Å². The Kier molecular flexibility index (Phi) is 6.65. The zero-order valence-electron chi connectivity index (χ0n) is 18.5. The zero-order chi connectivity index (χ0) is 24.2. The minimum atomic E-state index is -0.706. The molecule has 0 unspecified atom stereocenters. The van der Waals surface area contributed by atoms with Crippen LogP contribution in [0.15, 0.2) is 81.7 Å². The van der Waals surface area contributed by atoms with Gasteiger partial charge in [-0.15, -0.1) is 0 Å². The lowest BCUT2D eigenvalue weighted by Crippen LogP contribution is -2.38. The highest BCUT2D eigenvalue weighted by Crippen LogP contribution is 2.26. The summed E-state index contributed by atoms with van der Waals surface area (Å²) in [6, 6.07) is 14.9. The molecule has 0 saturated heterocycles. The van der Waals surface area contributed by atoms with Crippen molar-refractivity contribution in [2.45, 2.75) is 19.9 Å². The molecule has 0 saturated carbocycles. The van der Waals surface area contributed by atoms with E-state index in [-0.39, 0.29) is 17.9 Å². The highest BCUT2D eigenvalue weighted by molar-refractivity contribution is 7.07. The van der Waals surface area contributed by atoms with Crippen molar-refractivity contribution in [1.82, 2.24) is 4.57 Å². The Morgan fingerprint density at radius 2 is 1.94 bits per heavy atom. The minimum Gasteiger partial charge on any atom is -0.463 e. The van der Waals surface area contributed by atoms with Crippen LogP contribution in [0, 0.1) is 10.1 Å². The van der Waals surface area contributed by atoms with Crippen LogP contribution >= 0.6 is 11.3 Å². The smallest absolute Gasteiger partial charge is 0.338 e. The number of ether oxygens (including phenoxy) is 1. The summed E-state index contributed by atoms with van der Waals surface area (Å²) in [4.78, 5) is 41.8. The van der Waals surface area contributed by atoms with Gasteiger partial charge in [-0.25, -0.2) is 9.79 Å². The van der Waals surface area contributed by atoms with E-state index in [2.05, 4.69) is 4.99 Å². The van der Waals surface area contributed by atoms with Gasteiger partial charge in [0, 0.05) is 12.1 Å². The van der Waals surface area contributed by atoms with E-state index in [9.17, 15) is 19.7 Å². The molecule has 4 rings (SSSR count). The molecule has 0 aliphatic carbocycles. The van der Waals surface area contributed by atoms with E-state index in [1.807, 2.05) is 36.4 Å². The molecule has 1 aromatic heterocycles. The SMILES string of the molecule is CCOC(=O)C1=C(C)N=c2sc(=Cc3cccc([N+](=O)[O-])c3)c(=O)n2[C@@H]1/C=C/c1ccccc1. The number of carbonyl (C=O) groups is 1. The van der Waals surface area contributed by atoms with Gasteiger partial charge in [0.15, 0.2) is 4.80 Å². The van der Waals surface area contributed by atoms with Crippen molar-refractivity contribution in [3.63, 3.8) is 0 Å². The highest BCUT2D eigenvalue weighted by atomic mass is 32.1. The first kappa shape index (κ1) is 23.1. The van der Waals surface area contributed by atoms with Crippen molar-refractivity contribution < 1.29 is 14.5 Å². The molecule has 0 spiro atoms. The number of allylic oxidation sites excluding steroid dienone is 2. The standard InChI is InChI=1S/C25H21N3O5S/c1-3-33-24(30)22-16(2)26-25-27(20(22)13-12-17-8-5-4-6-9-17)23(29)21(34-25)15-18-10-7-11-19(14-18)28(31)32/h4-15,20H,3H2,1-2H3/b13-12+,21-15?/t20-/m1/s1. The Hall–Kier alpha value is -4.11. The normalized spacial score (nSPS) is 15.8. The number of aromatic nitrogens is 1. The molecule has 2 heterocycles. The Morgan fingerprint density at radius 3 is 2.65 bits per heavy atom. The maximum Gasteiger partial charge on any atom is 0.338 e. The molecule has 2 aromatic carbocycles. The molecule has 0 fully saturated rings. The molecule has 1 aliphatic heterocycles. The lowest BCUT2D eigenvalue weighted by Gasteiger charge is -2.21. The number of carbonyl (C=O) groups excluding carboxylic acids is 1. The lowest BCUT2D eigenvalue weighted by molar-refractivity contribution is -0.384. The summed E-state index contributed by atoms with van der Waals surface area (Å²) in [7, 11) is 0. The van der Waals surface area contributed by atoms with Crippen LogP contribution in [0.4, 0.5) is 5.69 Å². The third-order valence-corrected chi connectivity index (χ3v) is 6.19. The quantitative estimate of drug-likeness (QED) is 0.309. The first-order chi connectivity index (χ1) is 16.4. The third-order valence-electron chi connectivity index (χ3n) is 5.21. The van der Waals surface area contributed by atoms with Gasteiger partial charge in [0.25, 0.3) is 11.2 Å². The number of esters is 1. The fraction of sp³-hybridized carbons (Fsp3) is 0.160. The predicted octanol–water partition coefficient (Wildman–Crippen LogP) is 3.37. The van der Waals surface area contributed by atoms with Crippen molar-refractivity contribution >= 4 is 35.1 Å². The summed E-state index contributed by atoms with van der Waals surface area (Å²) in [5.41, 5.74) is 1.81. The molecule has 3 aromatic rings. The molecular weight excluding hydrogens is 454 g/mol. The van der Waals surface area contributed by atoms with Gasteiger partial charge in [-0.2, -0.15) is 0 Å². The lowest BCUT2D eigenvalue weighted by atomic mass is 10.0. The second-order valence-electron chi connectivity index (χ2n) is 7.47. The van der Waals surface area contributed by atoms with Crippen LogP contribution in [0.5, 0.6) is 0 Å². The second-order valence-corrected chi connectivity index (χ2v) is 8.48. The van der Waals surface area contributed by atoms with E-state index in [0.717, 1.165) is 5.56 Å². The van der Waals surface area contributed by atoms with Gasteiger partial charge in [-0.1, -0.05) is 66.0 Å². The number of rotatable bonds is 6. The van der Waals surface area contributed by atoms with Gasteiger partial charge in [0.1, 0.15) is 0 Å². The fourth-order valence-electron chi connectivity index (χ4n) is 3.66. The van der Waals surface area contributed by atoms with Crippen molar-refractivity contribution in [2.24, 2.45) is 4.99 Å². The Morgan fingerprint density at radius 1 is 1.21 bits per heavy atom. The minimum absolute atomic E-state index is 0.0642. The van der Waals surface area contributed by atoms with Crippen LogP contribution in [0.1, 0.15) is 31.0 Å². The number of nitro groups is 1. The van der Waals surface area contributed by atoms with Crippen LogP contribution < -0.4 is 14.9 Å². The number of thiazole rings is 1. The number of hydrogen-bond donors (Lipinski definition) is 0. The predicted molar refractivity (Wildman–Crippen MR) is 130 cm³/mol. The molecule has 1 aliphatic rings. The van der Waals surface area contributed by atoms with E-state index in [1.165, 1.54) is 28.0 Å². The van der Waals surface area contributed by atoms with E-state index in [1.54, 1.807) is 38.1 Å². The largest absolute Gasteiger partial charge is 0.463 e. The monoisotopic (exact) mass is 475 g/mol. The van der Waals surface area contributed by atoms with Gasteiger partial charge in [-0.05, 0) is 31.1 Å². The highest BCUT2D eigenvalue weighted by Gasteiger charge is 2.30. The van der Waals surface area contributed by atoms with Gasteiger partial charge >= 0.3 is 5.97 Å². The summed E-state index contributed by atoms with van der Waals surface area (Å²) < 4.78 is 7.07. The van der Waals surface area contributed by atoms with Gasteiger partial charge in [0.05, 0.1) is 33.4 Å². The molecule has 8 nitrogen and oxygen atoms in total. The van der Waals surface area contributed by atoms with Crippen LogP contribution in [-0.4, -0.2) is 22.1 Å². The average molecular weight is 476 g/mol. The van der Waals surface area contributed by atoms with E-state index in [0.29, 0.717) is 26.2 Å². The molecule has 34 heavy (non-hydrogen) atoms. The van der Waals surface area contributed by atoms with E-state index >= 15 is 0 Å². The number of nitro benzene ring substituents is 1. The van der Waals surface area contributed by atoms with Gasteiger partial charge < -0.3 is 4.74 Å². The number of hydrogen-bond acceptors (Lipinski definition) is 7. The Labute approximate surface area is 198 Å². The summed E-state index contributed by atoms with van der Waals surface area (Å²) in [6.07, 6.45) is 5.23. The van der Waals surface area contributed by atoms with Crippen molar-refractivity contribution in [2.75, 3.05) is 6.61 Å². The number of nitrogens with zero attached hydrogens (tertiary/aromatic N) is 3. The van der Waals surface area contributed by atoms with E-state index in [4.69, 9.17) is 4.74 Å². The molecule has 0 radical (unpaired) electrons. The second kappa shape index (κ2) is 9.80. The average Bonchev–Trinajstić information content (AvgIpc) is 3.12. The number of non-ortho nitro benzene ring substituents is 1. The number of fused-ring (bicyclic) bond motifs is 1. The molecule has 0 bridgehead atoms. The molecule has 9 heteroatoms. The maximum absolute atomic E-state index is 13.4. The zero-order valence-corrected chi connectivity index (χ0v) is 19.3. The summed E-state index contributed by atoms with van der Waals surface area (Å²) in [5, 5.41) is 11.1. The van der Waals surface area contributed by atoms with Crippen LogP contribution in [-0.2, 0) is 9.53 Å². The third kappa shape index (κ3) is 4.65. The molecule has 172 valence electrons. The van der Waals surface area contributed by atoms with Crippen molar-refractivity contribution in [3.8, 4) is 0 Å². The summed E-state index contributed by atoms with van der Waals surface area (Å²) in [6.45, 7) is 3.63. The topological polar surface area (TPSA) is 104 Å². The molecule has 0 N–H and O–H groups in total. The Balaban J connectivity index is 1.87. The molecular formula is C25H21N3O5S. The van der Waals surface area contributed by atoms with Crippen LogP contribution in [0.3, 0.4) is 0 Å². The van der Waals surface area contributed by atoms with Crippen LogP contribution in [0.25, 0.3) is 12.2 Å². The van der Waals surface area contributed by atoms with Crippen LogP contribution in [0.2, 0.25) is 0 Å². The summed E-state index contributed by atoms with van der Waals surface area (Å²) in [5.74, 6) is -0.528. The first-order valence-corrected chi connectivity index (χ1v) is 11.4. The van der Waals surface area contributed by atoms with E-state index < -0.39 is 16.9 Å². The maximum atomic E-state index is 13.4. The number of benzene rings is 2. The molecule has 0 amide bonds. The fourth-order valence-corrected chi connectivity index (χ4v) is 4.72. The van der Waals surface area contributed by atoms with Crippen molar-refractivity contribution in [1.29, 1.82) is 0 Å². The summed E-state index contributed by atoms with van der Waals surface area (Å²) >= 11 is 1.17. The van der Waals surface area contributed by atoms with Gasteiger partial charge in [0.2, 0.25) is 0 Å². The first-order valence-electron chi connectivity index (χ1n) is 10.6. The Bertz CT molecular complexity index is 1500.